The normalized spacial score (nSPS) is 10.4. The fourth-order valence-corrected chi connectivity index (χ4v) is 1.54. The number of rotatable bonds is 3. The minimum Gasteiger partial charge on any atom is -0.469 e. The molecule has 0 aliphatic rings. The van der Waals surface area contributed by atoms with Crippen molar-refractivity contribution in [3.8, 4) is 11.4 Å². The van der Waals surface area contributed by atoms with E-state index in [1.54, 1.807) is 6.26 Å². The maximum atomic E-state index is 5.27. The smallest absolute Gasteiger partial charge is 0.165 e. The van der Waals surface area contributed by atoms with Crippen LogP contribution in [0.3, 0.4) is 0 Å². The van der Waals surface area contributed by atoms with Crippen LogP contribution in [0.25, 0.3) is 11.4 Å². The summed E-state index contributed by atoms with van der Waals surface area (Å²) in [7, 11) is 1.85. The van der Waals surface area contributed by atoms with Gasteiger partial charge in [-0.15, -0.1) is 0 Å². The summed E-state index contributed by atoms with van der Waals surface area (Å²) >= 11 is 0. The second kappa shape index (κ2) is 4.35. The minimum atomic E-state index is 0.718. The van der Waals surface area contributed by atoms with Crippen molar-refractivity contribution in [3.63, 3.8) is 0 Å². The fraction of sp³-hybridized carbons (Fsp3) is 0.333. The zero-order chi connectivity index (χ0) is 11.5. The van der Waals surface area contributed by atoms with Crippen molar-refractivity contribution in [1.29, 1.82) is 0 Å². The van der Waals surface area contributed by atoms with E-state index in [4.69, 9.17) is 4.42 Å². The topological polar surface area (TPSA) is 51.0 Å². The third-order valence-electron chi connectivity index (χ3n) is 2.50. The highest BCUT2D eigenvalue weighted by molar-refractivity contribution is 5.59. The van der Waals surface area contributed by atoms with Gasteiger partial charge in [0.15, 0.2) is 5.82 Å². The van der Waals surface area contributed by atoms with Crippen molar-refractivity contribution in [2.45, 2.75) is 20.3 Å². The lowest BCUT2D eigenvalue weighted by atomic mass is 10.2. The lowest BCUT2D eigenvalue weighted by molar-refractivity contribution is 0.535. The Kier molecular flexibility index (Phi) is 2.90. The zero-order valence-electron chi connectivity index (χ0n) is 9.74. The first-order valence-electron chi connectivity index (χ1n) is 5.34. The molecule has 0 aliphatic heterocycles. The van der Waals surface area contributed by atoms with Crippen molar-refractivity contribution >= 4 is 5.82 Å². The van der Waals surface area contributed by atoms with E-state index >= 15 is 0 Å². The molecule has 0 saturated heterocycles. The number of aryl methyl sites for hydroxylation is 2. The molecule has 0 atom stereocenters. The number of nitrogens with zero attached hydrogens (tertiary/aromatic N) is 2. The van der Waals surface area contributed by atoms with E-state index < -0.39 is 0 Å². The molecule has 0 unspecified atom stereocenters. The number of anilines is 1. The molecule has 2 aromatic rings. The van der Waals surface area contributed by atoms with Crippen LogP contribution in [0.2, 0.25) is 0 Å². The number of furan rings is 1. The lowest BCUT2D eigenvalue weighted by Gasteiger charge is -2.05. The molecule has 0 spiro atoms. The Hall–Kier alpha value is -1.84. The summed E-state index contributed by atoms with van der Waals surface area (Å²) in [5.74, 6) is 2.40. The molecule has 84 valence electrons. The van der Waals surface area contributed by atoms with Crippen LogP contribution < -0.4 is 5.32 Å². The van der Waals surface area contributed by atoms with Gasteiger partial charge in [-0.05, 0) is 19.4 Å². The molecule has 0 saturated carbocycles. The van der Waals surface area contributed by atoms with Crippen LogP contribution in [0.15, 0.2) is 22.8 Å². The molecule has 0 bridgehead atoms. The second-order valence-corrected chi connectivity index (χ2v) is 3.56. The van der Waals surface area contributed by atoms with E-state index in [1.807, 2.05) is 26.1 Å². The number of hydrogen-bond donors (Lipinski definition) is 1. The molecule has 16 heavy (non-hydrogen) atoms. The van der Waals surface area contributed by atoms with Crippen LogP contribution in [-0.2, 0) is 6.42 Å². The Bertz CT molecular complexity index is 469. The van der Waals surface area contributed by atoms with Crippen LogP contribution in [0, 0.1) is 6.92 Å². The predicted octanol–water partition coefficient (Wildman–Crippen LogP) is 2.65. The molecule has 0 amide bonds. The molecule has 4 heteroatoms. The van der Waals surface area contributed by atoms with Crippen molar-refractivity contribution in [2.24, 2.45) is 0 Å². The van der Waals surface area contributed by atoms with Crippen molar-refractivity contribution < 1.29 is 4.42 Å². The van der Waals surface area contributed by atoms with E-state index in [0.29, 0.717) is 0 Å². The molecule has 0 radical (unpaired) electrons. The number of aromatic nitrogens is 2. The van der Waals surface area contributed by atoms with Gasteiger partial charge in [-0.1, -0.05) is 6.92 Å². The molecule has 0 aromatic carbocycles. The Morgan fingerprint density at radius 1 is 1.38 bits per heavy atom. The maximum absolute atomic E-state index is 5.27. The van der Waals surface area contributed by atoms with Crippen LogP contribution in [0.1, 0.15) is 18.4 Å². The highest BCUT2D eigenvalue weighted by atomic mass is 16.3. The average Bonchev–Trinajstić information content (AvgIpc) is 2.74. The van der Waals surface area contributed by atoms with Gasteiger partial charge in [-0.25, -0.2) is 9.97 Å². The number of hydrogen-bond acceptors (Lipinski definition) is 4. The van der Waals surface area contributed by atoms with Gasteiger partial charge >= 0.3 is 0 Å². The van der Waals surface area contributed by atoms with Gasteiger partial charge < -0.3 is 9.73 Å². The molecule has 1 N–H and O–H groups in total. The Morgan fingerprint density at radius 3 is 2.75 bits per heavy atom. The van der Waals surface area contributed by atoms with E-state index in [2.05, 4.69) is 22.2 Å². The van der Waals surface area contributed by atoms with Crippen LogP contribution in [0.4, 0.5) is 5.82 Å². The van der Waals surface area contributed by atoms with Crippen molar-refractivity contribution in [1.82, 2.24) is 9.97 Å². The number of nitrogens with one attached hydrogen (secondary N) is 1. The first kappa shape index (κ1) is 10.7. The summed E-state index contributed by atoms with van der Waals surface area (Å²) in [5.41, 5.74) is 1.97. The van der Waals surface area contributed by atoms with Crippen molar-refractivity contribution in [2.75, 3.05) is 12.4 Å². The summed E-state index contributed by atoms with van der Waals surface area (Å²) in [5, 5.41) is 3.04. The largest absolute Gasteiger partial charge is 0.469 e. The lowest BCUT2D eigenvalue weighted by Crippen LogP contribution is -2.00. The Labute approximate surface area is 94.7 Å². The Morgan fingerprint density at radius 2 is 2.19 bits per heavy atom. The van der Waals surface area contributed by atoms with Gasteiger partial charge in [0.1, 0.15) is 11.6 Å². The highest BCUT2D eigenvalue weighted by Gasteiger charge is 2.09. The third-order valence-corrected chi connectivity index (χ3v) is 2.50. The van der Waals surface area contributed by atoms with Gasteiger partial charge in [0.05, 0.1) is 11.8 Å². The summed E-state index contributed by atoms with van der Waals surface area (Å²) in [6.07, 6.45) is 2.55. The SMILES string of the molecule is CCc1cc(NC)nc(-c2ccoc2C)n1. The first-order chi connectivity index (χ1) is 7.74. The maximum Gasteiger partial charge on any atom is 0.165 e. The molecule has 2 rings (SSSR count). The molecule has 0 aliphatic carbocycles. The quantitative estimate of drug-likeness (QED) is 0.858. The predicted molar refractivity (Wildman–Crippen MR) is 63.4 cm³/mol. The van der Waals surface area contributed by atoms with Crippen LogP contribution in [-0.4, -0.2) is 17.0 Å². The van der Waals surface area contributed by atoms with Gasteiger partial charge in [0, 0.05) is 18.8 Å². The van der Waals surface area contributed by atoms with Crippen LogP contribution >= 0.6 is 0 Å². The zero-order valence-corrected chi connectivity index (χ0v) is 9.74. The summed E-state index contributed by atoms with van der Waals surface area (Å²) in [4.78, 5) is 8.91. The second-order valence-electron chi connectivity index (χ2n) is 3.56. The third kappa shape index (κ3) is 1.91. The molecule has 2 heterocycles. The molecular weight excluding hydrogens is 202 g/mol. The summed E-state index contributed by atoms with van der Waals surface area (Å²) in [6.45, 7) is 3.99. The fourth-order valence-electron chi connectivity index (χ4n) is 1.54. The Balaban J connectivity index is 2.52. The van der Waals surface area contributed by atoms with E-state index in [1.165, 1.54) is 0 Å². The molecule has 4 nitrogen and oxygen atoms in total. The van der Waals surface area contributed by atoms with E-state index in [9.17, 15) is 0 Å². The van der Waals surface area contributed by atoms with E-state index in [-0.39, 0.29) is 0 Å². The van der Waals surface area contributed by atoms with Gasteiger partial charge in [-0.2, -0.15) is 0 Å². The highest BCUT2D eigenvalue weighted by Crippen LogP contribution is 2.22. The molecule has 0 fully saturated rings. The van der Waals surface area contributed by atoms with E-state index in [0.717, 1.165) is 35.1 Å². The summed E-state index contributed by atoms with van der Waals surface area (Å²) < 4.78 is 5.27. The monoisotopic (exact) mass is 217 g/mol. The van der Waals surface area contributed by atoms with Gasteiger partial charge in [0.25, 0.3) is 0 Å². The van der Waals surface area contributed by atoms with Gasteiger partial charge in [0.2, 0.25) is 0 Å². The van der Waals surface area contributed by atoms with Crippen molar-refractivity contribution in [3.05, 3.63) is 29.9 Å². The first-order valence-corrected chi connectivity index (χ1v) is 5.34. The molecular formula is C12H15N3O. The van der Waals surface area contributed by atoms with Crippen LogP contribution in [0.5, 0.6) is 0 Å². The average molecular weight is 217 g/mol. The minimum absolute atomic E-state index is 0.718. The molecule has 2 aromatic heterocycles. The standard InChI is InChI=1S/C12H15N3O/c1-4-9-7-11(13-3)15-12(14-9)10-5-6-16-8(10)2/h5-7H,4H2,1-3H3,(H,13,14,15). The summed E-state index contributed by atoms with van der Waals surface area (Å²) in [6, 6.07) is 3.85. The van der Waals surface area contributed by atoms with Gasteiger partial charge in [-0.3, -0.25) is 0 Å².